The number of benzene rings is 1. The first-order valence-corrected chi connectivity index (χ1v) is 7.13. The van der Waals surface area contributed by atoms with Gasteiger partial charge in [0.05, 0.1) is 11.0 Å². The fraction of sp³-hybridized carbons (Fsp3) is 0.455. The van der Waals surface area contributed by atoms with Crippen molar-refractivity contribution in [1.82, 2.24) is 4.90 Å². The van der Waals surface area contributed by atoms with Crippen molar-refractivity contribution < 1.29 is 22.0 Å². The molecule has 0 spiro atoms. The second-order valence-electron chi connectivity index (χ2n) is 3.84. The van der Waals surface area contributed by atoms with Gasteiger partial charge in [0.2, 0.25) is 0 Å². The number of halogens is 7. The van der Waals surface area contributed by atoms with Gasteiger partial charge in [0.1, 0.15) is 11.6 Å². The first-order valence-electron chi connectivity index (χ1n) is 5.22. The van der Waals surface area contributed by atoms with E-state index in [4.69, 9.17) is 0 Å². The molecule has 0 bridgehead atoms. The molecule has 1 rings (SSSR count). The molecule has 0 atom stereocenters. The standard InChI is InChI=1S/C11H10Br2F5N/c12-3-4-19(6-11(16,17)18)5-7-9(14)2-1-8(13)10(7)15/h1-2H,3-6H2. The van der Waals surface area contributed by atoms with Crippen LogP contribution < -0.4 is 0 Å². The third-order valence-corrected chi connectivity index (χ3v) is 3.29. The van der Waals surface area contributed by atoms with E-state index in [9.17, 15) is 22.0 Å². The molecule has 0 radical (unpaired) electrons. The maximum Gasteiger partial charge on any atom is 0.401 e. The Kier molecular flexibility index (Phi) is 6.19. The SMILES string of the molecule is Fc1ccc(Br)c(F)c1CN(CCBr)CC(F)(F)F. The van der Waals surface area contributed by atoms with Gasteiger partial charge in [0, 0.05) is 24.0 Å². The summed E-state index contributed by atoms with van der Waals surface area (Å²) >= 11 is 5.90. The molecule has 0 aliphatic rings. The van der Waals surface area contributed by atoms with Crippen molar-refractivity contribution in [1.29, 1.82) is 0 Å². The predicted molar refractivity (Wildman–Crippen MR) is 69.2 cm³/mol. The Bertz CT molecular complexity index is 436. The molecule has 0 aliphatic heterocycles. The van der Waals surface area contributed by atoms with Crippen LogP contribution in [0.4, 0.5) is 22.0 Å². The summed E-state index contributed by atoms with van der Waals surface area (Å²) in [4.78, 5) is 0.933. The van der Waals surface area contributed by atoms with E-state index in [0.717, 1.165) is 11.0 Å². The molecule has 108 valence electrons. The highest BCUT2D eigenvalue weighted by atomic mass is 79.9. The van der Waals surface area contributed by atoms with Crippen LogP contribution in [-0.4, -0.2) is 29.5 Å². The summed E-state index contributed by atoms with van der Waals surface area (Å²) in [6, 6.07) is 2.19. The molecule has 0 unspecified atom stereocenters. The lowest BCUT2D eigenvalue weighted by Gasteiger charge is -2.23. The fourth-order valence-electron chi connectivity index (χ4n) is 1.52. The molecule has 0 fully saturated rings. The lowest BCUT2D eigenvalue weighted by molar-refractivity contribution is -0.146. The van der Waals surface area contributed by atoms with Crippen LogP contribution >= 0.6 is 31.9 Å². The van der Waals surface area contributed by atoms with Crippen LogP contribution in [0, 0.1) is 11.6 Å². The maximum absolute atomic E-state index is 13.7. The van der Waals surface area contributed by atoms with E-state index in [1.807, 2.05) is 0 Å². The molecule has 0 N–H and O–H groups in total. The topological polar surface area (TPSA) is 3.24 Å². The van der Waals surface area contributed by atoms with Gasteiger partial charge in [-0.05, 0) is 28.1 Å². The van der Waals surface area contributed by atoms with E-state index >= 15 is 0 Å². The molecule has 1 aromatic rings. The van der Waals surface area contributed by atoms with Crippen LogP contribution in [0.3, 0.4) is 0 Å². The van der Waals surface area contributed by atoms with E-state index in [0.29, 0.717) is 0 Å². The Balaban J connectivity index is 2.93. The zero-order valence-corrected chi connectivity index (χ0v) is 12.7. The second kappa shape index (κ2) is 6.99. The molecular weight excluding hydrogens is 401 g/mol. The van der Waals surface area contributed by atoms with Crippen LogP contribution in [-0.2, 0) is 6.54 Å². The molecule has 1 aromatic carbocycles. The van der Waals surface area contributed by atoms with Crippen molar-refractivity contribution in [2.24, 2.45) is 0 Å². The molecule has 8 heteroatoms. The number of nitrogens with zero attached hydrogens (tertiary/aromatic N) is 1. The van der Waals surface area contributed by atoms with Gasteiger partial charge in [-0.2, -0.15) is 13.2 Å². The number of hydrogen-bond acceptors (Lipinski definition) is 1. The van der Waals surface area contributed by atoms with Gasteiger partial charge in [-0.25, -0.2) is 8.78 Å². The average Bonchev–Trinajstić information content (AvgIpc) is 2.28. The molecule has 1 nitrogen and oxygen atoms in total. The fourth-order valence-corrected chi connectivity index (χ4v) is 2.40. The number of rotatable bonds is 5. The molecule has 19 heavy (non-hydrogen) atoms. The van der Waals surface area contributed by atoms with E-state index in [2.05, 4.69) is 31.9 Å². The summed E-state index contributed by atoms with van der Waals surface area (Å²) < 4.78 is 64.3. The van der Waals surface area contributed by atoms with Crippen molar-refractivity contribution in [3.8, 4) is 0 Å². The Hall–Kier alpha value is -0.210. The van der Waals surface area contributed by atoms with Gasteiger partial charge >= 0.3 is 6.18 Å². The molecule has 0 amide bonds. The summed E-state index contributed by atoms with van der Waals surface area (Å²) in [6.07, 6.45) is -4.42. The summed E-state index contributed by atoms with van der Waals surface area (Å²) in [5, 5.41) is 0.278. The zero-order chi connectivity index (χ0) is 14.6. The number of alkyl halides is 4. The van der Waals surface area contributed by atoms with Crippen molar-refractivity contribution in [2.45, 2.75) is 12.7 Å². The predicted octanol–water partition coefficient (Wildman–Crippen LogP) is 4.49. The van der Waals surface area contributed by atoms with Crippen LogP contribution in [0.1, 0.15) is 5.56 Å². The third-order valence-electron chi connectivity index (χ3n) is 2.32. The summed E-state index contributed by atoms with van der Waals surface area (Å²) in [6.45, 7) is -1.63. The van der Waals surface area contributed by atoms with E-state index in [1.165, 1.54) is 6.07 Å². The molecule has 0 saturated carbocycles. The van der Waals surface area contributed by atoms with Crippen molar-refractivity contribution >= 4 is 31.9 Å². The van der Waals surface area contributed by atoms with Gasteiger partial charge in [0.15, 0.2) is 0 Å². The largest absolute Gasteiger partial charge is 0.401 e. The molecule has 0 aromatic heterocycles. The third kappa shape index (κ3) is 5.35. The Morgan fingerprint density at radius 1 is 1.16 bits per heavy atom. The first kappa shape index (κ1) is 16.8. The molecule has 0 saturated heterocycles. The Labute approximate surface area is 124 Å². The minimum atomic E-state index is -4.42. The summed E-state index contributed by atoms with van der Waals surface area (Å²) in [5.41, 5.74) is -0.375. The van der Waals surface area contributed by atoms with Crippen LogP contribution in [0.5, 0.6) is 0 Å². The van der Waals surface area contributed by atoms with Crippen molar-refractivity contribution in [3.63, 3.8) is 0 Å². The highest BCUT2D eigenvalue weighted by Gasteiger charge is 2.31. The summed E-state index contributed by atoms with van der Waals surface area (Å²) in [5.74, 6) is -1.73. The maximum atomic E-state index is 13.7. The minimum absolute atomic E-state index is 0.0229. The van der Waals surface area contributed by atoms with Crippen molar-refractivity contribution in [2.75, 3.05) is 18.4 Å². The van der Waals surface area contributed by atoms with E-state index in [-0.39, 0.29) is 21.9 Å². The monoisotopic (exact) mass is 409 g/mol. The smallest absolute Gasteiger partial charge is 0.290 e. The van der Waals surface area contributed by atoms with Crippen LogP contribution in [0.15, 0.2) is 16.6 Å². The lowest BCUT2D eigenvalue weighted by Crippen LogP contribution is -2.35. The quantitative estimate of drug-likeness (QED) is 0.393. The highest BCUT2D eigenvalue weighted by molar-refractivity contribution is 9.10. The lowest BCUT2D eigenvalue weighted by atomic mass is 10.2. The number of hydrogen-bond donors (Lipinski definition) is 0. The molecule has 0 aliphatic carbocycles. The summed E-state index contributed by atoms with van der Waals surface area (Å²) in [7, 11) is 0. The van der Waals surface area contributed by atoms with E-state index < -0.39 is 30.9 Å². The minimum Gasteiger partial charge on any atom is -0.290 e. The highest BCUT2D eigenvalue weighted by Crippen LogP contribution is 2.24. The van der Waals surface area contributed by atoms with Crippen LogP contribution in [0.2, 0.25) is 0 Å². The van der Waals surface area contributed by atoms with Gasteiger partial charge < -0.3 is 0 Å². The van der Waals surface area contributed by atoms with Crippen molar-refractivity contribution in [3.05, 3.63) is 33.8 Å². The molecular formula is C11H10Br2F5N. The normalized spacial score (nSPS) is 12.2. The zero-order valence-electron chi connectivity index (χ0n) is 9.58. The Morgan fingerprint density at radius 2 is 1.79 bits per heavy atom. The van der Waals surface area contributed by atoms with Gasteiger partial charge in [-0.1, -0.05) is 15.9 Å². The second-order valence-corrected chi connectivity index (χ2v) is 5.48. The van der Waals surface area contributed by atoms with Gasteiger partial charge in [-0.3, -0.25) is 4.90 Å². The van der Waals surface area contributed by atoms with Gasteiger partial charge in [0.25, 0.3) is 0 Å². The first-order chi connectivity index (χ1) is 8.74. The van der Waals surface area contributed by atoms with Gasteiger partial charge in [-0.15, -0.1) is 0 Å². The Morgan fingerprint density at radius 3 is 2.32 bits per heavy atom. The van der Waals surface area contributed by atoms with E-state index in [1.54, 1.807) is 0 Å². The molecule has 0 heterocycles. The van der Waals surface area contributed by atoms with Crippen LogP contribution in [0.25, 0.3) is 0 Å². The average molecular weight is 411 g/mol.